The Labute approximate surface area is 247 Å². The summed E-state index contributed by atoms with van der Waals surface area (Å²) < 4.78 is 0. The van der Waals surface area contributed by atoms with Gasteiger partial charge < -0.3 is 5.32 Å². The molecule has 2 aliphatic heterocycles. The van der Waals surface area contributed by atoms with Gasteiger partial charge in [0.1, 0.15) is 5.54 Å². The second kappa shape index (κ2) is 20.7. The zero-order valence-corrected chi connectivity index (χ0v) is 27.0. The van der Waals surface area contributed by atoms with E-state index in [4.69, 9.17) is 0 Å². The number of nitrogens with zero attached hydrogens (tertiary/aromatic N) is 4. The summed E-state index contributed by atoms with van der Waals surface area (Å²) in [4.78, 5) is 36.8. The minimum Gasteiger partial charge on any atom is -0.317 e. The van der Waals surface area contributed by atoms with E-state index in [9.17, 15) is 9.59 Å². The number of piperidine rings is 1. The Hall–Kier alpha value is -1.18. The van der Waals surface area contributed by atoms with E-state index in [0.717, 1.165) is 65.0 Å². The fraction of sp³-hybridized carbons (Fsp3) is 0.939. The molecule has 0 atom stereocenters. The van der Waals surface area contributed by atoms with Gasteiger partial charge in [-0.2, -0.15) is 0 Å². The summed E-state index contributed by atoms with van der Waals surface area (Å²) in [6.45, 7) is 15.6. The third-order valence-corrected chi connectivity index (χ3v) is 9.05. The van der Waals surface area contributed by atoms with E-state index in [1.807, 2.05) is 4.90 Å². The summed E-state index contributed by atoms with van der Waals surface area (Å²) in [7, 11) is 0. The molecule has 0 aromatic heterocycles. The topological polar surface area (TPSA) is 59.1 Å². The molecular weight excluding hydrogens is 498 g/mol. The number of hydrogen-bond donors (Lipinski definition) is 1. The Morgan fingerprint density at radius 1 is 0.600 bits per heavy atom. The molecule has 0 aromatic rings. The van der Waals surface area contributed by atoms with Gasteiger partial charge in [-0.15, -0.1) is 0 Å². The number of amides is 3. The average molecular weight is 564 g/mol. The monoisotopic (exact) mass is 564 g/mol. The third-order valence-electron chi connectivity index (χ3n) is 9.05. The lowest BCUT2D eigenvalue weighted by Crippen LogP contribution is -2.58. The van der Waals surface area contributed by atoms with Crippen molar-refractivity contribution < 1.29 is 9.59 Å². The first-order valence-corrected chi connectivity index (χ1v) is 17.3. The van der Waals surface area contributed by atoms with Crippen LogP contribution in [0.2, 0.25) is 0 Å². The van der Waals surface area contributed by atoms with Crippen molar-refractivity contribution in [3.8, 4) is 0 Å². The molecule has 0 aromatic carbocycles. The molecule has 40 heavy (non-hydrogen) atoms. The smallest absolute Gasteiger partial charge is 0.317 e. The normalized spacial score (nSPS) is 17.4. The second-order valence-corrected chi connectivity index (χ2v) is 12.5. The molecule has 0 unspecified atom stereocenters. The number of urea groups is 1. The molecule has 0 aliphatic carbocycles. The van der Waals surface area contributed by atoms with Crippen molar-refractivity contribution in [2.24, 2.45) is 0 Å². The van der Waals surface area contributed by atoms with E-state index in [1.165, 1.54) is 89.9 Å². The van der Waals surface area contributed by atoms with Gasteiger partial charge in [0.25, 0.3) is 5.91 Å². The molecule has 0 saturated carbocycles. The van der Waals surface area contributed by atoms with Gasteiger partial charge in [0.2, 0.25) is 0 Å². The maximum Gasteiger partial charge on any atom is 0.329 e. The minimum absolute atomic E-state index is 0.0499. The fourth-order valence-electron chi connectivity index (χ4n) is 6.38. The highest BCUT2D eigenvalue weighted by atomic mass is 16.2. The lowest BCUT2D eigenvalue weighted by atomic mass is 9.87. The zero-order chi connectivity index (χ0) is 29.1. The summed E-state index contributed by atoms with van der Waals surface area (Å²) in [5.41, 5.74) is -0.677. The van der Waals surface area contributed by atoms with Crippen molar-refractivity contribution in [2.75, 3.05) is 52.6 Å². The van der Waals surface area contributed by atoms with Gasteiger partial charge in [0.15, 0.2) is 0 Å². The molecule has 2 aliphatic rings. The maximum atomic E-state index is 14.2. The summed E-state index contributed by atoms with van der Waals surface area (Å²) >= 11 is 0. The number of carbonyl (C=O) groups excluding carboxylic acids is 2. The van der Waals surface area contributed by atoms with Gasteiger partial charge in [-0.25, -0.2) is 9.69 Å². The molecule has 234 valence electrons. The van der Waals surface area contributed by atoms with E-state index < -0.39 is 5.54 Å². The van der Waals surface area contributed by atoms with E-state index >= 15 is 0 Å². The molecule has 0 bridgehead atoms. The van der Waals surface area contributed by atoms with E-state index in [2.05, 4.69) is 42.8 Å². The van der Waals surface area contributed by atoms with Crippen LogP contribution in [0.4, 0.5) is 4.79 Å². The summed E-state index contributed by atoms with van der Waals surface area (Å²) in [6.07, 6.45) is 20.9. The summed E-state index contributed by atoms with van der Waals surface area (Å²) in [6, 6.07) is -0.0499. The van der Waals surface area contributed by atoms with Crippen LogP contribution in [0, 0.1) is 0 Å². The van der Waals surface area contributed by atoms with Crippen LogP contribution in [0.25, 0.3) is 0 Å². The van der Waals surface area contributed by atoms with Crippen molar-refractivity contribution in [2.45, 2.75) is 149 Å². The van der Waals surface area contributed by atoms with Crippen LogP contribution < -0.4 is 5.32 Å². The predicted octanol–water partition coefficient (Wildman–Crippen LogP) is 7.21. The molecular formula is C33H65N5O2. The predicted molar refractivity (Wildman–Crippen MR) is 168 cm³/mol. The van der Waals surface area contributed by atoms with Crippen LogP contribution in [-0.4, -0.2) is 89.7 Å². The third kappa shape index (κ3) is 11.2. The lowest BCUT2D eigenvalue weighted by Gasteiger charge is -2.40. The quantitative estimate of drug-likeness (QED) is 0.0993. The van der Waals surface area contributed by atoms with E-state index in [0.29, 0.717) is 13.3 Å². The highest BCUT2D eigenvalue weighted by molar-refractivity contribution is 6.07. The number of imide groups is 1. The molecule has 2 fully saturated rings. The SMILES string of the molecule is CCCCCCN(CCCCCC)CN1C(=O)N(CN(CCCCCC)CCCCCC)C2(CCNCC2)C1=O. The summed E-state index contributed by atoms with van der Waals surface area (Å²) in [5.74, 6) is 0.0584. The van der Waals surface area contributed by atoms with Gasteiger partial charge in [-0.1, -0.05) is 105 Å². The molecule has 7 nitrogen and oxygen atoms in total. The number of unbranched alkanes of at least 4 members (excludes halogenated alkanes) is 12. The van der Waals surface area contributed by atoms with Gasteiger partial charge >= 0.3 is 6.03 Å². The Balaban J connectivity index is 2.17. The van der Waals surface area contributed by atoms with Crippen LogP contribution in [0.15, 0.2) is 0 Å². The molecule has 7 heteroatoms. The number of hydrogen-bond acceptors (Lipinski definition) is 5. The Morgan fingerprint density at radius 3 is 1.40 bits per heavy atom. The Bertz CT molecular complexity index is 658. The van der Waals surface area contributed by atoms with Gasteiger partial charge in [-0.3, -0.25) is 19.5 Å². The first-order chi connectivity index (χ1) is 19.5. The van der Waals surface area contributed by atoms with E-state index in [1.54, 1.807) is 4.90 Å². The van der Waals surface area contributed by atoms with Crippen LogP contribution in [0.1, 0.15) is 143 Å². The fourth-order valence-corrected chi connectivity index (χ4v) is 6.38. The number of nitrogens with one attached hydrogen (secondary N) is 1. The van der Waals surface area contributed by atoms with Gasteiger partial charge in [0, 0.05) is 0 Å². The Morgan fingerprint density at radius 2 is 1.00 bits per heavy atom. The molecule has 2 saturated heterocycles. The maximum absolute atomic E-state index is 14.2. The van der Waals surface area contributed by atoms with Crippen molar-refractivity contribution in [3.63, 3.8) is 0 Å². The molecule has 1 spiro atoms. The molecule has 2 heterocycles. The van der Waals surface area contributed by atoms with Crippen LogP contribution in [-0.2, 0) is 4.79 Å². The second-order valence-electron chi connectivity index (χ2n) is 12.5. The lowest BCUT2D eigenvalue weighted by molar-refractivity contribution is -0.136. The zero-order valence-electron chi connectivity index (χ0n) is 27.0. The first-order valence-electron chi connectivity index (χ1n) is 17.3. The minimum atomic E-state index is -0.677. The number of carbonyl (C=O) groups is 2. The van der Waals surface area contributed by atoms with Gasteiger partial charge in [-0.05, 0) is 77.8 Å². The highest BCUT2D eigenvalue weighted by Crippen LogP contribution is 2.36. The molecule has 2 rings (SSSR count). The van der Waals surface area contributed by atoms with Crippen molar-refractivity contribution in [1.29, 1.82) is 0 Å². The first kappa shape index (κ1) is 35.0. The van der Waals surface area contributed by atoms with Crippen LogP contribution in [0.5, 0.6) is 0 Å². The van der Waals surface area contributed by atoms with Crippen LogP contribution in [0.3, 0.4) is 0 Å². The van der Waals surface area contributed by atoms with E-state index in [-0.39, 0.29) is 11.9 Å². The summed E-state index contributed by atoms with van der Waals surface area (Å²) in [5, 5.41) is 3.44. The van der Waals surface area contributed by atoms with Gasteiger partial charge in [0.05, 0.1) is 13.3 Å². The molecule has 1 N–H and O–H groups in total. The average Bonchev–Trinajstić information content (AvgIpc) is 3.14. The van der Waals surface area contributed by atoms with Crippen LogP contribution >= 0.6 is 0 Å². The van der Waals surface area contributed by atoms with Crippen molar-refractivity contribution in [3.05, 3.63) is 0 Å². The van der Waals surface area contributed by atoms with Crippen molar-refractivity contribution >= 4 is 11.9 Å². The largest absolute Gasteiger partial charge is 0.329 e. The molecule has 3 amide bonds. The highest BCUT2D eigenvalue weighted by Gasteiger charge is 2.57. The van der Waals surface area contributed by atoms with Crippen molar-refractivity contribution in [1.82, 2.24) is 24.9 Å². The Kier molecular flexibility index (Phi) is 18.1. The number of rotatable bonds is 24. The molecule has 0 radical (unpaired) electrons. The standard InChI is InChI=1S/C33H65N5O2/c1-5-9-13-17-25-35(26-18-14-10-6-2)29-37-31(39)33(21-23-34-24-22-33)38(32(37)40)30-36(27-19-15-11-7-3)28-20-16-12-8-4/h34H,5-30H2,1-4H3.